The maximum Gasteiger partial charge on any atom is 0.416 e. The largest absolute Gasteiger partial charge is 0.416 e. The molecule has 3 aromatic rings. The van der Waals surface area contributed by atoms with Crippen molar-refractivity contribution in [2.75, 3.05) is 20.6 Å². The third kappa shape index (κ3) is 4.91. The van der Waals surface area contributed by atoms with E-state index in [1.165, 1.54) is 22.6 Å². The van der Waals surface area contributed by atoms with E-state index in [2.05, 4.69) is 60.4 Å². The number of hydrogen-bond acceptors (Lipinski definition) is 2. The number of alkyl halides is 3. The van der Waals surface area contributed by atoms with E-state index in [1.54, 1.807) is 6.08 Å². The molecule has 1 unspecified atom stereocenters. The Morgan fingerprint density at radius 2 is 1.71 bits per heavy atom. The van der Waals surface area contributed by atoms with E-state index in [9.17, 15) is 18.0 Å². The topological polar surface area (TPSA) is 39.3 Å². The minimum atomic E-state index is -4.53. The summed E-state index contributed by atoms with van der Waals surface area (Å²) in [6, 6.07) is 18.7. The number of para-hydroxylation sites is 1. The van der Waals surface area contributed by atoms with Crippen molar-refractivity contribution in [3.05, 3.63) is 107 Å². The number of likely N-dealkylation sites (N-methyl/N-ethyl adjacent to an activating group) is 1. The Hall–Kier alpha value is -3.58. The van der Waals surface area contributed by atoms with Crippen LogP contribution < -0.4 is 0 Å². The molecule has 42 heavy (non-hydrogen) atoms. The van der Waals surface area contributed by atoms with Crippen LogP contribution in [0.3, 0.4) is 0 Å². The highest BCUT2D eigenvalue weighted by Crippen LogP contribution is 2.52. The zero-order valence-electron chi connectivity index (χ0n) is 24.5. The third-order valence-corrected chi connectivity index (χ3v) is 9.87. The molecule has 0 saturated heterocycles. The molecule has 2 aliphatic carbocycles. The van der Waals surface area contributed by atoms with Gasteiger partial charge in [0.05, 0.1) is 11.1 Å². The van der Waals surface area contributed by atoms with Gasteiger partial charge in [0, 0.05) is 34.3 Å². The molecule has 1 atom stereocenters. The quantitative estimate of drug-likeness (QED) is 0.351. The van der Waals surface area contributed by atoms with Crippen LogP contribution in [0.4, 0.5) is 13.2 Å². The minimum Gasteiger partial charge on any atom is -0.356 e. The van der Waals surface area contributed by atoms with Crippen LogP contribution in [-0.4, -0.2) is 53.0 Å². The van der Waals surface area contributed by atoms with Gasteiger partial charge in [0.15, 0.2) is 0 Å². The van der Waals surface area contributed by atoms with Crippen molar-refractivity contribution in [1.29, 1.82) is 0 Å². The number of aromatic amines is 1. The van der Waals surface area contributed by atoms with Gasteiger partial charge in [0.25, 0.3) is 5.91 Å². The molecule has 7 heteroatoms. The van der Waals surface area contributed by atoms with Crippen LogP contribution in [0.1, 0.15) is 49.4 Å². The number of carbonyl (C=O) groups excluding carboxylic acids is 1. The lowest BCUT2D eigenvalue weighted by Gasteiger charge is -2.55. The van der Waals surface area contributed by atoms with Gasteiger partial charge in [0.1, 0.15) is 0 Å². The predicted molar refractivity (Wildman–Crippen MR) is 161 cm³/mol. The first-order valence-corrected chi connectivity index (χ1v) is 14.8. The summed E-state index contributed by atoms with van der Waals surface area (Å²) in [5, 5.41) is 1.17. The summed E-state index contributed by atoms with van der Waals surface area (Å²) >= 11 is 0. The summed E-state index contributed by atoms with van der Waals surface area (Å²) in [7, 11) is 4.26. The zero-order chi connectivity index (χ0) is 29.7. The molecule has 1 fully saturated rings. The summed E-state index contributed by atoms with van der Waals surface area (Å²) in [6.45, 7) is 2.28. The fourth-order valence-corrected chi connectivity index (χ4v) is 7.46. The van der Waals surface area contributed by atoms with Crippen LogP contribution in [0.5, 0.6) is 0 Å². The second-order valence-electron chi connectivity index (χ2n) is 12.5. The molecule has 3 aliphatic rings. The lowest BCUT2D eigenvalue weighted by atomic mass is 9.65. The fraction of sp³-hybridized carbons (Fsp3) is 0.400. The normalized spacial score (nSPS) is 26.3. The molecule has 1 amide bonds. The zero-order valence-corrected chi connectivity index (χ0v) is 24.5. The van der Waals surface area contributed by atoms with Crippen LogP contribution in [0, 0.1) is 5.92 Å². The molecular formula is C35H38F3N3O. The van der Waals surface area contributed by atoms with Gasteiger partial charge in [-0.05, 0) is 81.8 Å². The number of halogens is 3. The first kappa shape index (κ1) is 28.5. The lowest BCUT2D eigenvalue weighted by molar-refractivity contribution is -0.138. The molecule has 2 aromatic carbocycles. The van der Waals surface area contributed by atoms with Gasteiger partial charge in [-0.15, -0.1) is 0 Å². The molecule has 1 spiro atoms. The number of benzene rings is 2. The van der Waals surface area contributed by atoms with Crippen LogP contribution in [-0.2, 0) is 23.2 Å². The monoisotopic (exact) mass is 573 g/mol. The molecule has 1 N–H and O–H groups in total. The van der Waals surface area contributed by atoms with E-state index in [0.29, 0.717) is 13.0 Å². The van der Waals surface area contributed by atoms with E-state index in [-0.39, 0.29) is 22.9 Å². The summed E-state index contributed by atoms with van der Waals surface area (Å²) in [5.41, 5.74) is 3.21. The van der Waals surface area contributed by atoms with E-state index >= 15 is 0 Å². The van der Waals surface area contributed by atoms with Crippen LogP contribution in [0.25, 0.3) is 10.9 Å². The lowest BCUT2D eigenvalue weighted by Crippen LogP contribution is -2.60. The Bertz CT molecular complexity index is 1570. The van der Waals surface area contributed by atoms with Crippen molar-refractivity contribution < 1.29 is 18.0 Å². The number of nitrogens with one attached hydrogen (secondary N) is 1. The maximum absolute atomic E-state index is 14.4. The molecular weight excluding hydrogens is 535 g/mol. The second kappa shape index (κ2) is 10.6. The number of fused-ring (bicyclic) bond motifs is 4. The third-order valence-electron chi connectivity index (χ3n) is 9.87. The molecule has 0 bridgehead atoms. The first-order valence-electron chi connectivity index (χ1n) is 14.8. The van der Waals surface area contributed by atoms with Gasteiger partial charge < -0.3 is 14.8 Å². The van der Waals surface area contributed by atoms with Crippen molar-refractivity contribution in [2.24, 2.45) is 5.92 Å². The van der Waals surface area contributed by atoms with Gasteiger partial charge in [-0.1, -0.05) is 73.7 Å². The van der Waals surface area contributed by atoms with Gasteiger partial charge in [0.2, 0.25) is 0 Å². The molecule has 220 valence electrons. The number of allylic oxidation sites excluding steroid dienone is 4. The number of carbonyl (C=O) groups is 1. The van der Waals surface area contributed by atoms with Crippen LogP contribution in [0.2, 0.25) is 0 Å². The highest BCUT2D eigenvalue weighted by atomic mass is 19.4. The van der Waals surface area contributed by atoms with Gasteiger partial charge >= 0.3 is 6.18 Å². The first-order chi connectivity index (χ1) is 20.0. The van der Waals surface area contributed by atoms with E-state index < -0.39 is 17.3 Å². The number of amides is 1. The summed E-state index contributed by atoms with van der Waals surface area (Å²) in [5.74, 6) is -0.611. The molecule has 1 saturated carbocycles. The van der Waals surface area contributed by atoms with Crippen molar-refractivity contribution in [1.82, 2.24) is 14.8 Å². The summed E-state index contributed by atoms with van der Waals surface area (Å²) in [6.07, 6.45) is 5.51. The predicted octanol–water partition coefficient (Wildman–Crippen LogP) is 7.49. The van der Waals surface area contributed by atoms with E-state index in [4.69, 9.17) is 0 Å². The summed E-state index contributed by atoms with van der Waals surface area (Å²) < 4.78 is 41.6. The molecule has 0 radical (unpaired) electrons. The highest BCUT2D eigenvalue weighted by Gasteiger charge is 2.53. The number of aromatic nitrogens is 1. The molecule has 1 aromatic heterocycles. The van der Waals surface area contributed by atoms with Crippen molar-refractivity contribution in [3.8, 4) is 0 Å². The number of H-pyrrole nitrogens is 1. The van der Waals surface area contributed by atoms with Crippen LogP contribution >= 0.6 is 0 Å². The standard InChI is InChI=1S/C35H38F3N3O/c1-24-13-14-27(35(36,37)38)22-26(21-24)32(42)41-20-15-29-28-11-7-8-12-30(28)39-31(29)34(41)18-16-33(17-19-34,40(2)3)23-25-9-5-4-6-10-25/h4-14,21-22,24,39H,15-20,23H2,1-3H3. The highest BCUT2D eigenvalue weighted by molar-refractivity contribution is 5.98. The van der Waals surface area contributed by atoms with Crippen molar-refractivity contribution in [3.63, 3.8) is 0 Å². The Labute approximate surface area is 245 Å². The average molecular weight is 574 g/mol. The fourth-order valence-electron chi connectivity index (χ4n) is 7.46. The number of rotatable bonds is 4. The Morgan fingerprint density at radius 1 is 1.02 bits per heavy atom. The molecule has 2 heterocycles. The smallest absolute Gasteiger partial charge is 0.356 e. The number of nitrogens with zero attached hydrogens (tertiary/aromatic N) is 2. The summed E-state index contributed by atoms with van der Waals surface area (Å²) in [4.78, 5) is 22.3. The molecule has 6 rings (SSSR count). The van der Waals surface area contributed by atoms with Crippen LogP contribution in [0.15, 0.2) is 90.0 Å². The SMILES string of the molecule is CC1C=CC(C(F)(F)F)=CC(C(=O)N2CCc3c([nH]c4ccccc34)C23CCC(Cc2ccccc2)(N(C)C)CC3)=C1. The van der Waals surface area contributed by atoms with E-state index in [1.807, 2.05) is 30.0 Å². The Kier molecular flexibility index (Phi) is 7.20. The molecule has 4 nitrogen and oxygen atoms in total. The van der Waals surface area contributed by atoms with Gasteiger partial charge in [-0.25, -0.2) is 0 Å². The maximum atomic E-state index is 14.4. The Morgan fingerprint density at radius 3 is 2.40 bits per heavy atom. The van der Waals surface area contributed by atoms with Crippen molar-refractivity contribution >= 4 is 16.8 Å². The van der Waals surface area contributed by atoms with E-state index in [0.717, 1.165) is 55.5 Å². The second-order valence-corrected chi connectivity index (χ2v) is 12.5. The Balaban J connectivity index is 1.42. The molecule has 1 aliphatic heterocycles. The van der Waals surface area contributed by atoms with Crippen molar-refractivity contribution in [2.45, 2.75) is 62.7 Å². The average Bonchev–Trinajstić information content (AvgIpc) is 3.23. The minimum absolute atomic E-state index is 0.0890. The number of hydrogen-bond donors (Lipinski definition) is 1. The van der Waals surface area contributed by atoms with Gasteiger partial charge in [-0.2, -0.15) is 13.2 Å². The van der Waals surface area contributed by atoms with Gasteiger partial charge in [-0.3, -0.25) is 4.79 Å².